The largest absolute Gasteiger partial charge is 0.494 e. The van der Waals surface area contributed by atoms with Crippen LogP contribution in [-0.4, -0.2) is 31.9 Å². The molecule has 0 bridgehead atoms. The van der Waals surface area contributed by atoms with Gasteiger partial charge >= 0.3 is 5.97 Å². The minimum absolute atomic E-state index is 0.201. The van der Waals surface area contributed by atoms with Crippen molar-refractivity contribution in [3.63, 3.8) is 0 Å². The number of nitrogens with one attached hydrogen (secondary N) is 1. The molecule has 0 fully saturated rings. The van der Waals surface area contributed by atoms with E-state index in [0.29, 0.717) is 36.0 Å². The average Bonchev–Trinajstić information content (AvgIpc) is 3.13. The molecule has 0 unspecified atom stereocenters. The van der Waals surface area contributed by atoms with Gasteiger partial charge in [0.25, 0.3) is 5.91 Å². The average molecular weight is 357 g/mol. The fourth-order valence-electron chi connectivity index (χ4n) is 2.37. The number of carbonyl (C=O) groups excluding carboxylic acids is 2. The van der Waals surface area contributed by atoms with Crippen LogP contribution in [0.2, 0.25) is 0 Å². The Balaban J connectivity index is 1.44. The van der Waals surface area contributed by atoms with Crippen LogP contribution in [0, 0.1) is 0 Å². The van der Waals surface area contributed by atoms with Crippen molar-refractivity contribution in [1.82, 2.24) is 5.32 Å². The molecule has 1 amide bonds. The molecule has 3 rings (SSSR count). The fourth-order valence-corrected chi connectivity index (χ4v) is 2.37. The molecule has 1 aliphatic rings. The molecule has 7 nitrogen and oxygen atoms in total. The highest BCUT2D eigenvalue weighted by molar-refractivity contribution is 5.91. The van der Waals surface area contributed by atoms with E-state index in [1.807, 2.05) is 13.0 Å². The zero-order valence-electron chi connectivity index (χ0n) is 14.3. The maximum absolute atomic E-state index is 11.9. The molecule has 136 valence electrons. The number of esters is 1. The van der Waals surface area contributed by atoms with Crippen molar-refractivity contribution in [2.75, 3.05) is 20.0 Å². The van der Waals surface area contributed by atoms with Gasteiger partial charge < -0.3 is 24.3 Å². The second-order valence-corrected chi connectivity index (χ2v) is 5.50. The molecule has 26 heavy (non-hydrogen) atoms. The van der Waals surface area contributed by atoms with Crippen molar-refractivity contribution in [3.8, 4) is 17.2 Å². The van der Waals surface area contributed by atoms with E-state index < -0.39 is 5.97 Å². The SMILES string of the molecule is CCOc1ccc(C(=O)OCC(=O)NCc2ccc3c(c2)OCO3)cc1. The maximum atomic E-state index is 11.9. The number of hydrogen-bond acceptors (Lipinski definition) is 6. The van der Waals surface area contributed by atoms with Crippen LogP contribution in [0.1, 0.15) is 22.8 Å². The van der Waals surface area contributed by atoms with Crippen LogP contribution < -0.4 is 19.5 Å². The van der Waals surface area contributed by atoms with Gasteiger partial charge in [-0.25, -0.2) is 4.79 Å². The number of hydrogen-bond donors (Lipinski definition) is 1. The van der Waals surface area contributed by atoms with Gasteiger partial charge in [-0.15, -0.1) is 0 Å². The summed E-state index contributed by atoms with van der Waals surface area (Å²) in [6.45, 7) is 2.58. The van der Waals surface area contributed by atoms with E-state index in [1.165, 1.54) is 0 Å². The fraction of sp³-hybridized carbons (Fsp3) is 0.263. The first-order valence-corrected chi connectivity index (χ1v) is 8.21. The lowest BCUT2D eigenvalue weighted by Crippen LogP contribution is -2.28. The highest BCUT2D eigenvalue weighted by Crippen LogP contribution is 2.32. The predicted octanol–water partition coefficient (Wildman–Crippen LogP) is 2.29. The smallest absolute Gasteiger partial charge is 0.338 e. The van der Waals surface area contributed by atoms with Gasteiger partial charge in [-0.2, -0.15) is 0 Å². The maximum Gasteiger partial charge on any atom is 0.338 e. The van der Waals surface area contributed by atoms with E-state index in [0.717, 1.165) is 5.56 Å². The first-order valence-electron chi connectivity index (χ1n) is 8.21. The van der Waals surface area contributed by atoms with Gasteiger partial charge in [-0.05, 0) is 48.9 Å². The monoisotopic (exact) mass is 357 g/mol. The number of fused-ring (bicyclic) bond motifs is 1. The summed E-state index contributed by atoms with van der Waals surface area (Å²) in [5.74, 6) is 1.06. The number of benzene rings is 2. The van der Waals surface area contributed by atoms with Crippen LogP contribution in [0.25, 0.3) is 0 Å². The molecule has 0 saturated carbocycles. The van der Waals surface area contributed by atoms with Crippen molar-refractivity contribution in [2.45, 2.75) is 13.5 Å². The molecule has 7 heteroatoms. The van der Waals surface area contributed by atoms with Crippen molar-refractivity contribution in [1.29, 1.82) is 0 Å². The molecule has 1 heterocycles. The van der Waals surface area contributed by atoms with Crippen LogP contribution in [0.4, 0.5) is 0 Å². The number of ether oxygens (including phenoxy) is 4. The zero-order valence-corrected chi connectivity index (χ0v) is 14.3. The number of rotatable bonds is 7. The van der Waals surface area contributed by atoms with Gasteiger partial charge in [0, 0.05) is 6.54 Å². The van der Waals surface area contributed by atoms with Crippen LogP contribution >= 0.6 is 0 Å². The van der Waals surface area contributed by atoms with E-state index >= 15 is 0 Å². The predicted molar refractivity (Wildman–Crippen MR) is 92.3 cm³/mol. The zero-order chi connectivity index (χ0) is 18.4. The van der Waals surface area contributed by atoms with Crippen LogP contribution in [0.15, 0.2) is 42.5 Å². The summed E-state index contributed by atoms with van der Waals surface area (Å²) in [6.07, 6.45) is 0. The van der Waals surface area contributed by atoms with Crippen molar-refractivity contribution in [2.24, 2.45) is 0 Å². The molecule has 0 atom stereocenters. The second kappa shape index (κ2) is 8.24. The third kappa shape index (κ3) is 4.44. The van der Waals surface area contributed by atoms with Gasteiger partial charge in [0.1, 0.15) is 5.75 Å². The Labute approximate surface area is 150 Å². The van der Waals surface area contributed by atoms with Crippen molar-refractivity contribution in [3.05, 3.63) is 53.6 Å². The summed E-state index contributed by atoms with van der Waals surface area (Å²) in [4.78, 5) is 23.8. The van der Waals surface area contributed by atoms with E-state index in [1.54, 1.807) is 36.4 Å². The number of carbonyl (C=O) groups is 2. The first kappa shape index (κ1) is 17.6. The molecular formula is C19H19NO6. The topological polar surface area (TPSA) is 83.1 Å². The lowest BCUT2D eigenvalue weighted by atomic mass is 10.2. The van der Waals surface area contributed by atoms with Crippen LogP contribution in [-0.2, 0) is 16.1 Å². The molecule has 0 aliphatic carbocycles. The second-order valence-electron chi connectivity index (χ2n) is 5.50. The molecule has 0 spiro atoms. The van der Waals surface area contributed by atoms with Gasteiger partial charge in [0.15, 0.2) is 18.1 Å². The Kier molecular flexibility index (Phi) is 5.58. The van der Waals surface area contributed by atoms with Gasteiger partial charge in [-0.1, -0.05) is 6.07 Å². The van der Waals surface area contributed by atoms with Crippen molar-refractivity contribution >= 4 is 11.9 Å². The van der Waals surface area contributed by atoms with Gasteiger partial charge in [0.05, 0.1) is 12.2 Å². The van der Waals surface area contributed by atoms with Crippen LogP contribution in [0.3, 0.4) is 0 Å². The lowest BCUT2D eigenvalue weighted by Gasteiger charge is -2.08. The Hall–Kier alpha value is -3.22. The molecule has 2 aromatic carbocycles. The molecule has 0 aromatic heterocycles. The molecule has 0 saturated heterocycles. The Bertz CT molecular complexity index is 787. The Morgan fingerprint density at radius 1 is 1.08 bits per heavy atom. The summed E-state index contributed by atoms with van der Waals surface area (Å²) < 4.78 is 20.8. The third-order valence-corrected chi connectivity index (χ3v) is 3.66. The highest BCUT2D eigenvalue weighted by Gasteiger charge is 2.14. The van der Waals surface area contributed by atoms with E-state index in [-0.39, 0.29) is 19.3 Å². The summed E-state index contributed by atoms with van der Waals surface area (Å²) in [5, 5.41) is 2.69. The Morgan fingerprint density at radius 2 is 1.85 bits per heavy atom. The quantitative estimate of drug-likeness (QED) is 0.766. The van der Waals surface area contributed by atoms with Gasteiger partial charge in [-0.3, -0.25) is 4.79 Å². The van der Waals surface area contributed by atoms with E-state index in [9.17, 15) is 9.59 Å². The summed E-state index contributed by atoms with van der Waals surface area (Å²) in [7, 11) is 0. The van der Waals surface area contributed by atoms with Crippen LogP contribution in [0.5, 0.6) is 17.2 Å². The summed E-state index contributed by atoms with van der Waals surface area (Å²) >= 11 is 0. The summed E-state index contributed by atoms with van der Waals surface area (Å²) in [5.41, 5.74) is 1.22. The van der Waals surface area contributed by atoms with E-state index in [2.05, 4.69) is 5.32 Å². The third-order valence-electron chi connectivity index (χ3n) is 3.66. The first-order chi connectivity index (χ1) is 12.7. The molecule has 1 aliphatic heterocycles. The lowest BCUT2D eigenvalue weighted by molar-refractivity contribution is -0.124. The Morgan fingerprint density at radius 3 is 2.62 bits per heavy atom. The summed E-state index contributed by atoms with van der Waals surface area (Å²) in [6, 6.07) is 12.0. The normalized spacial score (nSPS) is 11.7. The number of amides is 1. The standard InChI is InChI=1S/C19H19NO6/c1-2-23-15-6-4-14(5-7-15)19(22)24-11-18(21)20-10-13-3-8-16-17(9-13)26-12-25-16/h3-9H,2,10-12H2,1H3,(H,20,21). The van der Waals surface area contributed by atoms with Gasteiger partial charge in [0.2, 0.25) is 6.79 Å². The molecule has 1 N–H and O–H groups in total. The molecule has 2 aromatic rings. The molecular weight excluding hydrogens is 338 g/mol. The van der Waals surface area contributed by atoms with Crippen molar-refractivity contribution < 1.29 is 28.5 Å². The molecule has 0 radical (unpaired) electrons. The minimum Gasteiger partial charge on any atom is -0.494 e. The van der Waals surface area contributed by atoms with E-state index in [4.69, 9.17) is 18.9 Å². The minimum atomic E-state index is -0.564. The highest BCUT2D eigenvalue weighted by atomic mass is 16.7.